The smallest absolute Gasteiger partial charge is 0.160 e. The van der Waals surface area contributed by atoms with Crippen LogP contribution in [0.1, 0.15) is 5.56 Å². The van der Waals surface area contributed by atoms with Crippen LogP contribution in [0, 0.1) is 0 Å². The molecule has 0 atom stereocenters. The first-order chi connectivity index (χ1) is 10.4. The summed E-state index contributed by atoms with van der Waals surface area (Å²) in [6, 6.07) is 17.7. The quantitative estimate of drug-likeness (QED) is 0.685. The highest BCUT2D eigenvalue weighted by atomic mass is 16.5. The third-order valence-electron chi connectivity index (χ3n) is 3.10. The second kappa shape index (κ2) is 6.05. The number of hydrogen-bond acceptors (Lipinski definition) is 3. The molecular formula is C17H15N3O. The number of rotatable bonds is 4. The molecule has 0 amide bonds. The van der Waals surface area contributed by atoms with Crippen molar-refractivity contribution in [1.82, 2.24) is 9.66 Å². The van der Waals surface area contributed by atoms with Gasteiger partial charge in [0.05, 0.1) is 13.3 Å². The minimum absolute atomic E-state index is 0.796. The molecule has 3 rings (SSSR count). The van der Waals surface area contributed by atoms with Gasteiger partial charge in [0.25, 0.3) is 0 Å². The lowest BCUT2D eigenvalue weighted by atomic mass is 10.2. The van der Waals surface area contributed by atoms with E-state index < -0.39 is 0 Å². The molecule has 0 radical (unpaired) electrons. The van der Waals surface area contributed by atoms with Crippen molar-refractivity contribution in [3.8, 4) is 17.1 Å². The molecule has 104 valence electrons. The molecule has 0 bridgehead atoms. The maximum Gasteiger partial charge on any atom is 0.160 e. The summed E-state index contributed by atoms with van der Waals surface area (Å²) in [7, 11) is 1.65. The van der Waals surface area contributed by atoms with Crippen molar-refractivity contribution in [2.24, 2.45) is 5.10 Å². The summed E-state index contributed by atoms with van der Waals surface area (Å²) in [6.45, 7) is 0. The van der Waals surface area contributed by atoms with Gasteiger partial charge in [-0.2, -0.15) is 5.10 Å². The topological polar surface area (TPSA) is 39.4 Å². The van der Waals surface area contributed by atoms with Gasteiger partial charge in [-0.05, 0) is 29.8 Å². The molecule has 0 aliphatic heterocycles. The highest BCUT2D eigenvalue weighted by molar-refractivity contribution is 5.79. The Kier molecular flexibility index (Phi) is 3.78. The monoisotopic (exact) mass is 277 g/mol. The molecular weight excluding hydrogens is 262 g/mol. The Hall–Kier alpha value is -2.88. The van der Waals surface area contributed by atoms with E-state index in [1.165, 1.54) is 0 Å². The number of hydrogen-bond donors (Lipinski definition) is 0. The van der Waals surface area contributed by atoms with Crippen molar-refractivity contribution in [3.63, 3.8) is 0 Å². The predicted octanol–water partition coefficient (Wildman–Crippen LogP) is 3.44. The van der Waals surface area contributed by atoms with Crippen LogP contribution >= 0.6 is 0 Å². The minimum Gasteiger partial charge on any atom is -0.497 e. The zero-order valence-corrected chi connectivity index (χ0v) is 11.7. The van der Waals surface area contributed by atoms with Gasteiger partial charge < -0.3 is 4.74 Å². The van der Waals surface area contributed by atoms with Crippen LogP contribution in [0.2, 0.25) is 0 Å². The molecule has 1 aromatic heterocycles. The van der Waals surface area contributed by atoms with E-state index in [4.69, 9.17) is 4.74 Å². The molecule has 0 unspecified atom stereocenters. The maximum atomic E-state index is 5.17. The van der Waals surface area contributed by atoms with Crippen LogP contribution in [0.15, 0.2) is 72.1 Å². The number of ether oxygens (including phenoxy) is 1. The summed E-state index contributed by atoms with van der Waals surface area (Å²) in [5.74, 6) is 1.62. The van der Waals surface area contributed by atoms with Crippen LogP contribution in [0.3, 0.4) is 0 Å². The Labute approximate surface area is 123 Å². The van der Waals surface area contributed by atoms with Crippen LogP contribution < -0.4 is 4.74 Å². The zero-order chi connectivity index (χ0) is 14.5. The summed E-state index contributed by atoms with van der Waals surface area (Å²) in [5, 5.41) is 4.45. The number of nitrogens with zero attached hydrogens (tertiary/aromatic N) is 3. The second-order valence-corrected chi connectivity index (χ2v) is 4.48. The fraction of sp³-hybridized carbons (Fsp3) is 0.0588. The van der Waals surface area contributed by atoms with Gasteiger partial charge >= 0.3 is 0 Å². The standard InChI is InChI=1S/C17H15N3O/c1-21-16-9-7-15(8-10-16)17-18-11-12-20(17)19-13-14-5-3-2-4-6-14/h2-13H,1H3. The van der Waals surface area contributed by atoms with E-state index >= 15 is 0 Å². The second-order valence-electron chi connectivity index (χ2n) is 4.48. The zero-order valence-electron chi connectivity index (χ0n) is 11.7. The van der Waals surface area contributed by atoms with Crippen LogP contribution in [-0.2, 0) is 0 Å². The summed E-state index contributed by atoms with van der Waals surface area (Å²) in [5.41, 5.74) is 2.04. The fourth-order valence-corrected chi connectivity index (χ4v) is 2.00. The van der Waals surface area contributed by atoms with Crippen molar-refractivity contribution in [2.45, 2.75) is 0 Å². The van der Waals surface area contributed by atoms with E-state index in [1.54, 1.807) is 18.0 Å². The minimum atomic E-state index is 0.796. The molecule has 2 aromatic carbocycles. The van der Waals surface area contributed by atoms with E-state index in [0.29, 0.717) is 0 Å². The number of benzene rings is 2. The van der Waals surface area contributed by atoms with Crippen LogP contribution in [-0.4, -0.2) is 23.0 Å². The van der Waals surface area contributed by atoms with Gasteiger partial charge in [0.1, 0.15) is 5.75 Å². The third-order valence-corrected chi connectivity index (χ3v) is 3.10. The van der Waals surface area contributed by atoms with E-state index in [2.05, 4.69) is 10.1 Å². The Morgan fingerprint density at radius 2 is 1.81 bits per heavy atom. The lowest BCUT2D eigenvalue weighted by Crippen LogP contribution is -1.93. The Bertz CT molecular complexity index is 730. The molecule has 0 fully saturated rings. The average Bonchev–Trinajstić information content (AvgIpc) is 3.02. The Balaban J connectivity index is 1.88. The molecule has 1 heterocycles. The maximum absolute atomic E-state index is 5.17. The number of aromatic nitrogens is 2. The van der Waals surface area contributed by atoms with Crippen molar-refractivity contribution in [2.75, 3.05) is 7.11 Å². The molecule has 0 aliphatic rings. The first-order valence-corrected chi connectivity index (χ1v) is 6.64. The van der Waals surface area contributed by atoms with Crippen molar-refractivity contribution < 1.29 is 4.74 Å². The van der Waals surface area contributed by atoms with Gasteiger partial charge in [0.15, 0.2) is 5.82 Å². The molecule has 21 heavy (non-hydrogen) atoms. The van der Waals surface area contributed by atoms with E-state index in [1.807, 2.05) is 67.0 Å². The Morgan fingerprint density at radius 3 is 2.52 bits per heavy atom. The highest BCUT2D eigenvalue weighted by Crippen LogP contribution is 2.20. The van der Waals surface area contributed by atoms with Gasteiger partial charge in [0, 0.05) is 18.0 Å². The molecule has 4 heteroatoms. The fourth-order valence-electron chi connectivity index (χ4n) is 2.00. The van der Waals surface area contributed by atoms with E-state index in [-0.39, 0.29) is 0 Å². The molecule has 0 saturated heterocycles. The molecule has 0 saturated carbocycles. The normalized spacial score (nSPS) is 10.9. The van der Waals surface area contributed by atoms with Crippen LogP contribution in [0.25, 0.3) is 11.4 Å². The number of imidazole rings is 1. The van der Waals surface area contributed by atoms with Crippen LogP contribution in [0.5, 0.6) is 5.75 Å². The van der Waals surface area contributed by atoms with Crippen molar-refractivity contribution in [1.29, 1.82) is 0 Å². The first kappa shape index (κ1) is 13.1. The van der Waals surface area contributed by atoms with Crippen molar-refractivity contribution in [3.05, 3.63) is 72.6 Å². The number of methoxy groups -OCH3 is 1. The van der Waals surface area contributed by atoms with Gasteiger partial charge in [0.2, 0.25) is 0 Å². The van der Waals surface area contributed by atoms with Gasteiger partial charge in [-0.3, -0.25) is 0 Å². The van der Waals surface area contributed by atoms with Crippen molar-refractivity contribution >= 4 is 6.21 Å². The predicted molar refractivity (Wildman–Crippen MR) is 83.6 cm³/mol. The first-order valence-electron chi connectivity index (χ1n) is 6.64. The third kappa shape index (κ3) is 3.00. The summed E-state index contributed by atoms with van der Waals surface area (Å²) >= 11 is 0. The lowest BCUT2D eigenvalue weighted by molar-refractivity contribution is 0.415. The van der Waals surface area contributed by atoms with Gasteiger partial charge in [-0.1, -0.05) is 30.3 Å². The van der Waals surface area contributed by atoms with E-state index in [0.717, 1.165) is 22.7 Å². The molecule has 4 nitrogen and oxygen atoms in total. The molecule has 0 aliphatic carbocycles. The molecule has 3 aromatic rings. The summed E-state index contributed by atoms with van der Waals surface area (Å²) in [6.07, 6.45) is 5.38. The highest BCUT2D eigenvalue weighted by Gasteiger charge is 2.04. The molecule has 0 N–H and O–H groups in total. The largest absolute Gasteiger partial charge is 0.497 e. The van der Waals surface area contributed by atoms with E-state index in [9.17, 15) is 0 Å². The van der Waals surface area contributed by atoms with Gasteiger partial charge in [-0.15, -0.1) is 0 Å². The average molecular weight is 277 g/mol. The SMILES string of the molecule is COc1ccc(-c2nccn2N=Cc2ccccc2)cc1. The summed E-state index contributed by atoms with van der Waals surface area (Å²) in [4.78, 5) is 4.36. The van der Waals surface area contributed by atoms with Gasteiger partial charge in [-0.25, -0.2) is 9.66 Å². The molecule has 0 spiro atoms. The Morgan fingerprint density at radius 1 is 1.05 bits per heavy atom. The summed E-state index contributed by atoms with van der Waals surface area (Å²) < 4.78 is 6.92. The lowest BCUT2D eigenvalue weighted by Gasteiger charge is -2.04. The van der Waals surface area contributed by atoms with Crippen LogP contribution in [0.4, 0.5) is 0 Å².